The molecule has 1 heterocycles. The first-order valence-electron chi connectivity index (χ1n) is 6.33. The van der Waals surface area contributed by atoms with Crippen LogP contribution in [0, 0.1) is 12.3 Å². The fourth-order valence-corrected chi connectivity index (χ4v) is 1.93. The van der Waals surface area contributed by atoms with Crippen molar-refractivity contribution in [3.8, 4) is 12.3 Å². The summed E-state index contributed by atoms with van der Waals surface area (Å²) in [6.07, 6.45) is 13.3. The van der Waals surface area contributed by atoms with Gasteiger partial charge in [0, 0.05) is 26.1 Å². The summed E-state index contributed by atoms with van der Waals surface area (Å²) in [6.45, 7) is 2.95. The lowest BCUT2D eigenvalue weighted by atomic mass is 10.2. The Bertz CT molecular complexity index is 250. The molecule has 0 aliphatic carbocycles. The highest BCUT2D eigenvalue weighted by Crippen LogP contribution is 2.09. The van der Waals surface area contributed by atoms with Gasteiger partial charge in [-0.2, -0.15) is 0 Å². The lowest BCUT2D eigenvalue weighted by Crippen LogP contribution is -2.38. The van der Waals surface area contributed by atoms with E-state index >= 15 is 0 Å². The summed E-state index contributed by atoms with van der Waals surface area (Å²) in [7, 11) is 0. The van der Waals surface area contributed by atoms with Gasteiger partial charge in [0.1, 0.15) is 0 Å². The van der Waals surface area contributed by atoms with Crippen LogP contribution in [0.3, 0.4) is 0 Å². The Morgan fingerprint density at radius 1 is 1.18 bits per heavy atom. The largest absolute Gasteiger partial charge is 0.370 e. The summed E-state index contributed by atoms with van der Waals surface area (Å²) in [5.41, 5.74) is 5.97. The fraction of sp³-hybridized carbons (Fsp3) is 0.769. The zero-order chi connectivity index (χ0) is 11.6. The first-order chi connectivity index (χ1) is 7.84. The second-order valence-electron chi connectivity index (χ2n) is 4.30. The summed E-state index contributed by atoms with van der Waals surface area (Å²) in [5, 5.41) is 0. The van der Waals surface area contributed by atoms with Crippen LogP contribution in [-0.4, -0.2) is 30.5 Å². The van der Waals surface area contributed by atoms with Gasteiger partial charge < -0.3 is 10.6 Å². The summed E-state index contributed by atoms with van der Waals surface area (Å²) >= 11 is 0. The van der Waals surface area contributed by atoms with E-state index in [1.165, 1.54) is 25.7 Å². The van der Waals surface area contributed by atoms with Gasteiger partial charge in [0.15, 0.2) is 5.96 Å². The van der Waals surface area contributed by atoms with Gasteiger partial charge in [-0.25, -0.2) is 0 Å². The highest BCUT2D eigenvalue weighted by atomic mass is 127. The molecule has 0 amide bonds. The van der Waals surface area contributed by atoms with Crippen LogP contribution in [0.1, 0.15) is 44.9 Å². The Hall–Kier alpha value is -0.440. The van der Waals surface area contributed by atoms with Crippen LogP contribution in [-0.2, 0) is 0 Å². The Morgan fingerprint density at radius 2 is 1.82 bits per heavy atom. The van der Waals surface area contributed by atoms with Gasteiger partial charge in [0.2, 0.25) is 0 Å². The van der Waals surface area contributed by atoms with Gasteiger partial charge in [0.05, 0.1) is 0 Å². The molecule has 0 atom stereocenters. The molecule has 2 N–H and O–H groups in total. The second-order valence-corrected chi connectivity index (χ2v) is 4.30. The van der Waals surface area contributed by atoms with Gasteiger partial charge >= 0.3 is 0 Å². The Morgan fingerprint density at radius 3 is 2.41 bits per heavy atom. The van der Waals surface area contributed by atoms with Crippen molar-refractivity contribution >= 4 is 29.9 Å². The van der Waals surface area contributed by atoms with E-state index in [-0.39, 0.29) is 24.0 Å². The zero-order valence-corrected chi connectivity index (χ0v) is 12.9. The minimum absolute atomic E-state index is 0. The Kier molecular flexibility index (Phi) is 10.4. The maximum absolute atomic E-state index is 5.97. The second kappa shape index (κ2) is 10.7. The Labute approximate surface area is 122 Å². The number of terminal acetylenes is 1. The molecular formula is C13H24IN3. The number of nitrogens with two attached hydrogens (primary N) is 1. The molecule has 0 saturated carbocycles. The van der Waals surface area contributed by atoms with Crippen LogP contribution in [0.5, 0.6) is 0 Å². The van der Waals surface area contributed by atoms with Gasteiger partial charge in [-0.15, -0.1) is 36.3 Å². The molecule has 1 saturated heterocycles. The van der Waals surface area contributed by atoms with E-state index in [2.05, 4.69) is 15.8 Å². The lowest BCUT2D eigenvalue weighted by molar-refractivity contribution is 0.428. The standard InChI is InChI=1S/C13H23N3.HI/c1-2-3-4-7-10-15-13(14)16-11-8-5-6-9-12-16;/h1H,3-12H2,(H2,14,15);1H. The molecule has 17 heavy (non-hydrogen) atoms. The first kappa shape index (κ1) is 16.6. The molecule has 0 unspecified atom stereocenters. The van der Waals surface area contributed by atoms with E-state index in [1.807, 2.05) is 0 Å². The third-order valence-corrected chi connectivity index (χ3v) is 2.93. The number of hydrogen-bond acceptors (Lipinski definition) is 1. The highest BCUT2D eigenvalue weighted by Gasteiger charge is 2.10. The summed E-state index contributed by atoms with van der Waals surface area (Å²) in [6, 6.07) is 0. The van der Waals surface area contributed by atoms with Gasteiger partial charge in [0.25, 0.3) is 0 Å². The third kappa shape index (κ3) is 7.48. The summed E-state index contributed by atoms with van der Waals surface area (Å²) in [4.78, 5) is 6.63. The molecule has 98 valence electrons. The predicted molar refractivity (Wildman–Crippen MR) is 84.6 cm³/mol. The molecule has 0 aromatic rings. The van der Waals surface area contributed by atoms with Crippen LogP contribution < -0.4 is 5.73 Å². The number of unbranched alkanes of at least 4 members (excludes halogenated alkanes) is 2. The molecule has 0 aromatic heterocycles. The van der Waals surface area contributed by atoms with Crippen molar-refractivity contribution < 1.29 is 0 Å². The average Bonchev–Trinajstić information content (AvgIpc) is 2.57. The monoisotopic (exact) mass is 349 g/mol. The van der Waals surface area contributed by atoms with Crippen molar-refractivity contribution in [2.45, 2.75) is 44.9 Å². The van der Waals surface area contributed by atoms with Gasteiger partial charge in [-0.3, -0.25) is 4.99 Å². The van der Waals surface area contributed by atoms with Gasteiger partial charge in [-0.1, -0.05) is 12.8 Å². The van der Waals surface area contributed by atoms with Crippen LogP contribution in [0.15, 0.2) is 4.99 Å². The molecule has 1 aliphatic rings. The Balaban J connectivity index is 0.00000256. The number of nitrogens with zero attached hydrogens (tertiary/aromatic N) is 2. The maximum Gasteiger partial charge on any atom is 0.191 e. The first-order valence-corrected chi connectivity index (χ1v) is 6.33. The van der Waals surface area contributed by atoms with Crippen LogP contribution in [0.25, 0.3) is 0 Å². The maximum atomic E-state index is 5.97. The van der Waals surface area contributed by atoms with Crippen LogP contribution in [0.4, 0.5) is 0 Å². The molecular weight excluding hydrogens is 325 g/mol. The molecule has 1 fully saturated rings. The number of halogens is 1. The third-order valence-electron chi connectivity index (χ3n) is 2.93. The zero-order valence-electron chi connectivity index (χ0n) is 10.5. The van der Waals surface area contributed by atoms with E-state index in [1.54, 1.807) is 0 Å². The van der Waals surface area contributed by atoms with E-state index in [0.29, 0.717) is 0 Å². The van der Waals surface area contributed by atoms with Crippen molar-refractivity contribution in [3.63, 3.8) is 0 Å². The topological polar surface area (TPSA) is 41.6 Å². The van der Waals surface area contributed by atoms with Crippen molar-refractivity contribution in [1.82, 2.24) is 4.90 Å². The number of hydrogen-bond donors (Lipinski definition) is 1. The molecule has 3 nitrogen and oxygen atoms in total. The number of guanidine groups is 1. The highest BCUT2D eigenvalue weighted by molar-refractivity contribution is 14.0. The number of aliphatic imine (C=N–C) groups is 1. The summed E-state index contributed by atoms with van der Waals surface area (Å²) in [5.74, 6) is 3.36. The molecule has 0 aromatic carbocycles. The van der Waals surface area contributed by atoms with Crippen molar-refractivity contribution in [1.29, 1.82) is 0 Å². The fourth-order valence-electron chi connectivity index (χ4n) is 1.93. The SMILES string of the molecule is C#CCCCCN=C(N)N1CCCCCC1.I. The normalized spacial score (nSPS) is 16.9. The van der Waals surface area contributed by atoms with E-state index in [0.717, 1.165) is 44.9 Å². The molecule has 4 heteroatoms. The predicted octanol–water partition coefficient (Wildman–Crippen LogP) is 2.60. The van der Waals surface area contributed by atoms with E-state index < -0.39 is 0 Å². The molecule has 1 aliphatic heterocycles. The molecule has 1 rings (SSSR count). The van der Waals surface area contributed by atoms with Crippen LogP contribution >= 0.6 is 24.0 Å². The van der Waals surface area contributed by atoms with Gasteiger partial charge in [-0.05, 0) is 25.7 Å². The average molecular weight is 349 g/mol. The van der Waals surface area contributed by atoms with Crippen molar-refractivity contribution in [2.75, 3.05) is 19.6 Å². The van der Waals surface area contributed by atoms with E-state index in [9.17, 15) is 0 Å². The quantitative estimate of drug-likeness (QED) is 0.279. The minimum Gasteiger partial charge on any atom is -0.370 e. The van der Waals surface area contributed by atoms with Crippen molar-refractivity contribution in [2.24, 2.45) is 10.7 Å². The smallest absolute Gasteiger partial charge is 0.191 e. The van der Waals surface area contributed by atoms with Crippen molar-refractivity contribution in [3.05, 3.63) is 0 Å². The number of rotatable bonds is 4. The molecule has 0 spiro atoms. The molecule has 0 radical (unpaired) electrons. The molecule has 0 bridgehead atoms. The van der Waals surface area contributed by atoms with E-state index in [4.69, 9.17) is 12.2 Å². The van der Waals surface area contributed by atoms with Crippen LogP contribution in [0.2, 0.25) is 0 Å². The summed E-state index contributed by atoms with van der Waals surface area (Å²) < 4.78 is 0. The lowest BCUT2D eigenvalue weighted by Gasteiger charge is -2.21. The number of likely N-dealkylation sites (tertiary alicyclic amines) is 1. The minimum atomic E-state index is 0.